The third-order valence-electron chi connectivity index (χ3n) is 6.26. The van der Waals surface area contributed by atoms with Crippen LogP contribution < -0.4 is 19.6 Å². The first-order valence-corrected chi connectivity index (χ1v) is 11.0. The summed E-state index contributed by atoms with van der Waals surface area (Å²) in [6.07, 6.45) is 2.93. The van der Waals surface area contributed by atoms with Crippen molar-refractivity contribution in [1.29, 1.82) is 0 Å². The van der Waals surface area contributed by atoms with Gasteiger partial charge in [0.2, 0.25) is 5.78 Å². The highest BCUT2D eigenvalue weighted by Crippen LogP contribution is 2.48. The quantitative estimate of drug-likeness (QED) is 0.242. The molecular formula is C28H18O7. The smallest absolute Gasteiger partial charge is 0.312 e. The van der Waals surface area contributed by atoms with E-state index in [1.807, 2.05) is 30.3 Å². The maximum Gasteiger partial charge on any atom is 0.312 e. The lowest BCUT2D eigenvalue weighted by molar-refractivity contribution is -0.135. The van der Waals surface area contributed by atoms with Crippen LogP contribution in [0.2, 0.25) is 0 Å². The normalized spacial score (nSPS) is 17.6. The molecule has 0 aliphatic carbocycles. The molecule has 1 aromatic heterocycles. The van der Waals surface area contributed by atoms with Crippen LogP contribution in [0, 0.1) is 0 Å². The maximum atomic E-state index is 13.5. The molecule has 0 radical (unpaired) electrons. The van der Waals surface area contributed by atoms with Crippen molar-refractivity contribution in [1.82, 2.24) is 0 Å². The highest BCUT2D eigenvalue weighted by Gasteiger charge is 2.39. The molecule has 0 N–H and O–H groups in total. The number of ether oxygens (including phenoxy) is 3. The SMILES string of the molecule is COc1ccc2occ(C3CC(=O)Oc4ccc5c(c43)O/C(=C\c3ccccc3)C5=O)c(=O)c2c1. The van der Waals surface area contributed by atoms with Crippen molar-refractivity contribution < 1.29 is 28.2 Å². The van der Waals surface area contributed by atoms with Crippen LogP contribution in [0.3, 0.4) is 0 Å². The molecule has 2 aliphatic rings. The Morgan fingerprint density at radius 3 is 2.60 bits per heavy atom. The molecule has 1 unspecified atom stereocenters. The van der Waals surface area contributed by atoms with Gasteiger partial charge in [0.1, 0.15) is 22.8 Å². The van der Waals surface area contributed by atoms with Gasteiger partial charge >= 0.3 is 5.97 Å². The fourth-order valence-corrected chi connectivity index (χ4v) is 4.57. The van der Waals surface area contributed by atoms with E-state index in [0.717, 1.165) is 5.56 Å². The molecule has 2 aliphatic heterocycles. The number of ketones is 1. The first kappa shape index (κ1) is 20.9. The van der Waals surface area contributed by atoms with Gasteiger partial charge in [-0.1, -0.05) is 30.3 Å². The molecule has 0 bridgehead atoms. The summed E-state index contributed by atoms with van der Waals surface area (Å²) in [5.74, 6) is -0.269. The molecule has 35 heavy (non-hydrogen) atoms. The molecule has 172 valence electrons. The van der Waals surface area contributed by atoms with Crippen molar-refractivity contribution in [3.63, 3.8) is 0 Å². The van der Waals surface area contributed by atoms with Gasteiger partial charge in [0.15, 0.2) is 11.2 Å². The molecule has 0 spiro atoms. The van der Waals surface area contributed by atoms with Crippen LogP contribution in [0.4, 0.5) is 0 Å². The molecule has 0 saturated carbocycles. The number of esters is 1. The number of fused-ring (bicyclic) bond motifs is 4. The van der Waals surface area contributed by atoms with E-state index in [1.165, 1.54) is 13.4 Å². The van der Waals surface area contributed by atoms with Gasteiger partial charge in [0.25, 0.3) is 0 Å². The fourth-order valence-electron chi connectivity index (χ4n) is 4.57. The van der Waals surface area contributed by atoms with E-state index in [2.05, 4.69) is 0 Å². The number of hydrogen-bond donors (Lipinski definition) is 0. The first-order chi connectivity index (χ1) is 17.0. The monoisotopic (exact) mass is 466 g/mol. The number of carbonyl (C=O) groups is 2. The molecule has 7 heteroatoms. The van der Waals surface area contributed by atoms with E-state index < -0.39 is 11.9 Å². The van der Waals surface area contributed by atoms with Crippen LogP contribution in [0.5, 0.6) is 17.2 Å². The predicted molar refractivity (Wildman–Crippen MR) is 127 cm³/mol. The Hall–Kier alpha value is -4.65. The van der Waals surface area contributed by atoms with Crippen LogP contribution >= 0.6 is 0 Å². The van der Waals surface area contributed by atoms with Crippen molar-refractivity contribution in [2.45, 2.75) is 12.3 Å². The Balaban J connectivity index is 1.51. The number of hydrogen-bond acceptors (Lipinski definition) is 7. The zero-order chi connectivity index (χ0) is 24.1. The Labute approximate surface area is 199 Å². The van der Waals surface area contributed by atoms with E-state index in [1.54, 1.807) is 36.4 Å². The molecule has 0 fully saturated rings. The second-order valence-corrected chi connectivity index (χ2v) is 8.32. The van der Waals surface area contributed by atoms with Crippen LogP contribution in [0.15, 0.2) is 81.9 Å². The first-order valence-electron chi connectivity index (χ1n) is 11.0. The average molecular weight is 466 g/mol. The molecule has 1 atom stereocenters. The molecule has 0 amide bonds. The highest BCUT2D eigenvalue weighted by molar-refractivity contribution is 6.15. The van der Waals surface area contributed by atoms with Crippen LogP contribution in [-0.4, -0.2) is 18.9 Å². The molecule has 6 rings (SSSR count). The molecule has 7 nitrogen and oxygen atoms in total. The molecule has 4 aromatic rings. The van der Waals surface area contributed by atoms with E-state index in [4.69, 9.17) is 18.6 Å². The minimum Gasteiger partial charge on any atom is -0.497 e. The summed E-state index contributed by atoms with van der Waals surface area (Å²) in [6.45, 7) is 0. The van der Waals surface area contributed by atoms with E-state index in [9.17, 15) is 14.4 Å². The minimum absolute atomic E-state index is 0.0982. The van der Waals surface area contributed by atoms with Gasteiger partial charge in [-0.05, 0) is 42.0 Å². The van der Waals surface area contributed by atoms with E-state index >= 15 is 0 Å². The number of methoxy groups -OCH3 is 1. The molecule has 3 heterocycles. The Morgan fingerprint density at radius 2 is 1.80 bits per heavy atom. The Bertz CT molecular complexity index is 1610. The lowest BCUT2D eigenvalue weighted by atomic mass is 9.85. The largest absolute Gasteiger partial charge is 0.497 e. The van der Waals surface area contributed by atoms with Gasteiger partial charge in [-0.3, -0.25) is 14.4 Å². The summed E-state index contributed by atoms with van der Waals surface area (Å²) in [7, 11) is 1.51. The van der Waals surface area contributed by atoms with Gasteiger partial charge in [-0.2, -0.15) is 0 Å². The average Bonchev–Trinajstić information content (AvgIpc) is 3.19. The van der Waals surface area contributed by atoms with E-state index in [-0.39, 0.29) is 40.5 Å². The van der Waals surface area contributed by atoms with Crippen LogP contribution in [0.1, 0.15) is 39.4 Å². The maximum absolute atomic E-state index is 13.5. The van der Waals surface area contributed by atoms with Crippen molar-refractivity contribution >= 4 is 28.8 Å². The van der Waals surface area contributed by atoms with Gasteiger partial charge in [-0.15, -0.1) is 0 Å². The Morgan fingerprint density at radius 1 is 0.971 bits per heavy atom. The summed E-state index contributed by atoms with van der Waals surface area (Å²) >= 11 is 0. The lowest BCUT2D eigenvalue weighted by Crippen LogP contribution is -2.25. The Kier molecular flexibility index (Phi) is 4.77. The second kappa shape index (κ2) is 7.99. The van der Waals surface area contributed by atoms with E-state index in [0.29, 0.717) is 27.8 Å². The number of benzene rings is 3. The van der Waals surface area contributed by atoms with Crippen LogP contribution in [-0.2, 0) is 4.79 Å². The predicted octanol–water partition coefficient (Wildman–Crippen LogP) is 4.86. The minimum atomic E-state index is -0.711. The lowest BCUT2D eigenvalue weighted by Gasteiger charge is -2.25. The molecule has 3 aromatic carbocycles. The molecular weight excluding hydrogens is 448 g/mol. The topological polar surface area (TPSA) is 92.0 Å². The van der Waals surface area contributed by atoms with Gasteiger partial charge in [-0.25, -0.2) is 0 Å². The highest BCUT2D eigenvalue weighted by atomic mass is 16.5. The summed E-state index contributed by atoms with van der Waals surface area (Å²) in [5.41, 5.74) is 2.01. The van der Waals surface area contributed by atoms with Crippen molar-refractivity contribution in [3.05, 3.63) is 105 Å². The van der Waals surface area contributed by atoms with Crippen molar-refractivity contribution in [3.8, 4) is 17.2 Å². The number of Topliss-reactive ketones (excluding diaryl/α,β-unsaturated/α-hetero) is 1. The second-order valence-electron chi connectivity index (χ2n) is 8.32. The standard InChI is InChI=1S/C28H18O7/c1-32-16-7-9-21-19(12-16)26(30)20(14-33-21)18-13-24(29)34-22-10-8-17-27(31)23(35-28(17)25(18)22)11-15-5-3-2-4-6-15/h2-12,14,18H,13H2,1H3/b23-11-. The van der Waals surface area contributed by atoms with Gasteiger partial charge in [0, 0.05) is 17.0 Å². The summed E-state index contributed by atoms with van der Waals surface area (Å²) in [6, 6.07) is 17.4. The summed E-state index contributed by atoms with van der Waals surface area (Å²) in [4.78, 5) is 39.1. The van der Waals surface area contributed by atoms with Crippen molar-refractivity contribution in [2.75, 3.05) is 7.11 Å². The zero-order valence-corrected chi connectivity index (χ0v) is 18.6. The van der Waals surface area contributed by atoms with Gasteiger partial charge in [0.05, 0.1) is 30.7 Å². The fraction of sp³-hybridized carbons (Fsp3) is 0.107. The summed E-state index contributed by atoms with van der Waals surface area (Å²) < 4.78 is 22.5. The third-order valence-corrected chi connectivity index (χ3v) is 6.26. The van der Waals surface area contributed by atoms with Crippen molar-refractivity contribution in [2.24, 2.45) is 0 Å². The van der Waals surface area contributed by atoms with Gasteiger partial charge < -0.3 is 18.6 Å². The third kappa shape index (κ3) is 3.40. The number of carbonyl (C=O) groups excluding carboxylic acids is 2. The molecule has 0 saturated heterocycles. The summed E-state index contributed by atoms with van der Waals surface area (Å²) in [5, 5.41) is 0.330. The number of rotatable bonds is 3. The zero-order valence-electron chi connectivity index (χ0n) is 18.6. The number of allylic oxidation sites excluding steroid dienone is 1. The van der Waals surface area contributed by atoms with Crippen LogP contribution in [0.25, 0.3) is 17.0 Å².